The molecule has 2 aliphatic rings. The van der Waals surface area contributed by atoms with E-state index in [0.717, 1.165) is 44.1 Å². The molecule has 0 spiro atoms. The highest BCUT2D eigenvalue weighted by atomic mass is 16.5. The highest BCUT2D eigenvalue weighted by molar-refractivity contribution is 5.74. The van der Waals surface area contributed by atoms with Gasteiger partial charge in [-0.25, -0.2) is 5.48 Å². The molecule has 0 aromatic rings. The van der Waals surface area contributed by atoms with Crippen molar-refractivity contribution < 1.29 is 14.7 Å². The number of nitrogens with one attached hydrogen (secondary N) is 1. The fraction of sp³-hybridized carbons (Fsp3) is 0.938. The molecule has 4 nitrogen and oxygen atoms in total. The number of ether oxygens (including phenoxy) is 1. The van der Waals surface area contributed by atoms with Gasteiger partial charge in [0.2, 0.25) is 5.91 Å². The fourth-order valence-corrected chi connectivity index (χ4v) is 3.58. The Hall–Kier alpha value is -0.610. The largest absolute Gasteiger partial charge is 0.378 e. The van der Waals surface area contributed by atoms with Gasteiger partial charge in [0.25, 0.3) is 0 Å². The van der Waals surface area contributed by atoms with Crippen LogP contribution in [0.3, 0.4) is 0 Å². The molecule has 2 saturated carbocycles. The molecule has 116 valence electrons. The lowest BCUT2D eigenvalue weighted by Gasteiger charge is -2.31. The van der Waals surface area contributed by atoms with Gasteiger partial charge in [0.05, 0.1) is 6.10 Å². The van der Waals surface area contributed by atoms with Crippen LogP contribution in [0.2, 0.25) is 0 Å². The number of hydrogen-bond acceptors (Lipinski definition) is 3. The molecule has 2 N–H and O–H groups in total. The van der Waals surface area contributed by atoms with Crippen LogP contribution in [0.25, 0.3) is 0 Å². The van der Waals surface area contributed by atoms with Gasteiger partial charge in [0, 0.05) is 13.0 Å². The Morgan fingerprint density at radius 1 is 1.05 bits per heavy atom. The van der Waals surface area contributed by atoms with Crippen LogP contribution in [0.15, 0.2) is 0 Å². The topological polar surface area (TPSA) is 58.6 Å². The van der Waals surface area contributed by atoms with Crippen LogP contribution in [0.1, 0.15) is 64.7 Å². The Balaban J connectivity index is 1.59. The monoisotopic (exact) mass is 283 g/mol. The zero-order chi connectivity index (χ0) is 14.4. The van der Waals surface area contributed by atoms with Crippen LogP contribution < -0.4 is 5.48 Å². The molecule has 2 aliphatic carbocycles. The number of hydrogen-bond donors (Lipinski definition) is 2. The van der Waals surface area contributed by atoms with Gasteiger partial charge in [0.15, 0.2) is 0 Å². The maximum atomic E-state index is 11.1. The van der Waals surface area contributed by atoms with E-state index in [9.17, 15) is 4.79 Å². The maximum Gasteiger partial charge on any atom is 0.243 e. The first-order valence-corrected chi connectivity index (χ1v) is 8.22. The molecule has 0 radical (unpaired) electrons. The predicted octanol–water partition coefficient (Wildman–Crippen LogP) is 3.28. The Morgan fingerprint density at radius 3 is 2.25 bits per heavy atom. The van der Waals surface area contributed by atoms with Gasteiger partial charge in [-0.05, 0) is 56.3 Å². The molecular formula is C16H29NO3. The van der Waals surface area contributed by atoms with Gasteiger partial charge in [-0.2, -0.15) is 0 Å². The van der Waals surface area contributed by atoms with Gasteiger partial charge in [-0.15, -0.1) is 0 Å². The third-order valence-corrected chi connectivity index (χ3v) is 5.10. The molecule has 0 aliphatic heterocycles. The van der Waals surface area contributed by atoms with Crippen molar-refractivity contribution in [1.82, 2.24) is 5.48 Å². The molecule has 0 unspecified atom stereocenters. The molecule has 0 aromatic heterocycles. The first-order chi connectivity index (χ1) is 9.67. The van der Waals surface area contributed by atoms with E-state index >= 15 is 0 Å². The lowest BCUT2D eigenvalue weighted by Crippen LogP contribution is -2.28. The van der Waals surface area contributed by atoms with Crippen molar-refractivity contribution in [3.8, 4) is 0 Å². The van der Waals surface area contributed by atoms with Gasteiger partial charge < -0.3 is 4.74 Å². The van der Waals surface area contributed by atoms with Crippen LogP contribution >= 0.6 is 0 Å². The van der Waals surface area contributed by atoms with Crippen LogP contribution in [-0.4, -0.2) is 23.8 Å². The molecule has 1 amide bonds. The molecular weight excluding hydrogens is 254 g/mol. The standard InChI is InChI=1S/C16H29NO3/c1-12-2-4-14(5-3-12)11-20-15-8-6-13(7-9-15)10-16(18)17-19/h12-15,19H,2-11H2,1H3,(H,17,18). The minimum atomic E-state index is -0.259. The average Bonchev–Trinajstić information content (AvgIpc) is 2.48. The number of amides is 1. The summed E-state index contributed by atoms with van der Waals surface area (Å²) in [5.41, 5.74) is 1.72. The lowest BCUT2D eigenvalue weighted by molar-refractivity contribution is -0.130. The highest BCUT2D eigenvalue weighted by Crippen LogP contribution is 2.31. The minimum absolute atomic E-state index is 0.259. The van der Waals surface area contributed by atoms with Crippen LogP contribution in [0, 0.1) is 17.8 Å². The summed E-state index contributed by atoms with van der Waals surface area (Å²) in [4.78, 5) is 11.1. The van der Waals surface area contributed by atoms with Gasteiger partial charge >= 0.3 is 0 Å². The lowest BCUT2D eigenvalue weighted by atomic mass is 9.83. The van der Waals surface area contributed by atoms with Crippen molar-refractivity contribution >= 4 is 5.91 Å². The zero-order valence-corrected chi connectivity index (χ0v) is 12.6. The second-order valence-electron chi connectivity index (χ2n) is 6.84. The second-order valence-corrected chi connectivity index (χ2v) is 6.84. The summed E-state index contributed by atoms with van der Waals surface area (Å²) in [6, 6.07) is 0. The zero-order valence-electron chi connectivity index (χ0n) is 12.6. The van der Waals surface area contributed by atoms with E-state index in [0.29, 0.717) is 18.4 Å². The van der Waals surface area contributed by atoms with E-state index < -0.39 is 0 Å². The van der Waals surface area contributed by atoms with Crippen molar-refractivity contribution in [1.29, 1.82) is 0 Å². The highest BCUT2D eigenvalue weighted by Gasteiger charge is 2.25. The predicted molar refractivity (Wildman–Crippen MR) is 77.4 cm³/mol. The Bertz CT molecular complexity index is 292. The Morgan fingerprint density at radius 2 is 1.65 bits per heavy atom. The molecule has 0 atom stereocenters. The first kappa shape index (κ1) is 15.8. The number of rotatable bonds is 5. The fourth-order valence-electron chi connectivity index (χ4n) is 3.58. The normalized spacial score (nSPS) is 34.7. The Kier molecular flexibility index (Phi) is 6.30. The number of carbonyl (C=O) groups is 1. The van der Waals surface area contributed by atoms with E-state index in [1.807, 2.05) is 0 Å². The van der Waals surface area contributed by atoms with Crippen molar-refractivity contribution in [2.75, 3.05) is 6.61 Å². The van der Waals surface area contributed by atoms with Crippen LogP contribution in [0.4, 0.5) is 0 Å². The van der Waals surface area contributed by atoms with Gasteiger partial charge in [-0.1, -0.05) is 19.8 Å². The summed E-state index contributed by atoms with van der Waals surface area (Å²) in [5.74, 6) is 1.83. The maximum absolute atomic E-state index is 11.1. The molecule has 2 rings (SSSR count). The summed E-state index contributed by atoms with van der Waals surface area (Å²) in [7, 11) is 0. The summed E-state index contributed by atoms with van der Waals surface area (Å²) in [6.45, 7) is 3.28. The SMILES string of the molecule is CC1CCC(COC2CCC(CC(=O)NO)CC2)CC1. The van der Waals surface area contributed by atoms with E-state index in [1.54, 1.807) is 5.48 Å². The van der Waals surface area contributed by atoms with E-state index in [4.69, 9.17) is 9.94 Å². The summed E-state index contributed by atoms with van der Waals surface area (Å²) >= 11 is 0. The smallest absolute Gasteiger partial charge is 0.243 e. The summed E-state index contributed by atoms with van der Waals surface area (Å²) < 4.78 is 6.09. The second kappa shape index (κ2) is 7.99. The summed E-state index contributed by atoms with van der Waals surface area (Å²) in [5, 5.41) is 8.54. The third-order valence-electron chi connectivity index (χ3n) is 5.10. The molecule has 0 heterocycles. The van der Waals surface area contributed by atoms with Crippen molar-refractivity contribution in [2.45, 2.75) is 70.8 Å². The van der Waals surface area contributed by atoms with E-state index in [1.165, 1.54) is 25.7 Å². The first-order valence-electron chi connectivity index (χ1n) is 8.22. The molecule has 2 fully saturated rings. The van der Waals surface area contributed by atoms with E-state index in [-0.39, 0.29) is 5.91 Å². The van der Waals surface area contributed by atoms with Gasteiger partial charge in [0.1, 0.15) is 0 Å². The molecule has 20 heavy (non-hydrogen) atoms. The van der Waals surface area contributed by atoms with E-state index in [2.05, 4.69) is 6.92 Å². The Labute approximate surface area is 122 Å². The molecule has 0 saturated heterocycles. The molecule has 0 aromatic carbocycles. The third kappa shape index (κ3) is 5.06. The quantitative estimate of drug-likeness (QED) is 0.601. The van der Waals surface area contributed by atoms with Crippen LogP contribution in [0.5, 0.6) is 0 Å². The molecule has 4 heteroatoms. The van der Waals surface area contributed by atoms with Crippen molar-refractivity contribution in [3.63, 3.8) is 0 Å². The van der Waals surface area contributed by atoms with Crippen molar-refractivity contribution in [3.05, 3.63) is 0 Å². The number of carbonyl (C=O) groups excluding carboxylic acids is 1. The van der Waals surface area contributed by atoms with Crippen molar-refractivity contribution in [2.24, 2.45) is 17.8 Å². The number of hydroxylamine groups is 1. The van der Waals surface area contributed by atoms with Gasteiger partial charge in [-0.3, -0.25) is 10.0 Å². The minimum Gasteiger partial charge on any atom is -0.378 e. The molecule has 0 bridgehead atoms. The average molecular weight is 283 g/mol. The van der Waals surface area contributed by atoms with Crippen LogP contribution in [-0.2, 0) is 9.53 Å². The summed E-state index contributed by atoms with van der Waals surface area (Å²) in [6.07, 6.45) is 10.4.